The van der Waals surface area contributed by atoms with Crippen LogP contribution in [-0.2, 0) is 10.0 Å². The van der Waals surface area contributed by atoms with Gasteiger partial charge < -0.3 is 5.73 Å². The molecule has 0 spiro atoms. The fourth-order valence-corrected chi connectivity index (χ4v) is 4.46. The van der Waals surface area contributed by atoms with Gasteiger partial charge in [-0.05, 0) is 30.0 Å². The first-order valence-electron chi connectivity index (χ1n) is 6.87. The summed E-state index contributed by atoms with van der Waals surface area (Å²) in [7, 11) is -3.55. The van der Waals surface area contributed by atoms with Crippen LogP contribution in [0.5, 0.6) is 0 Å². The summed E-state index contributed by atoms with van der Waals surface area (Å²) >= 11 is 3.30. The first kappa shape index (κ1) is 16.5. The summed E-state index contributed by atoms with van der Waals surface area (Å²) in [6.45, 7) is 7.35. The number of nitrogens with zero attached hydrogens (tertiary/aromatic N) is 1. The fraction of sp³-hybridized carbons (Fsp3) is 0.467. The highest BCUT2D eigenvalue weighted by Crippen LogP contribution is 2.33. The molecule has 1 aromatic rings. The molecule has 0 aromatic heterocycles. The molecule has 116 valence electrons. The Morgan fingerprint density at radius 2 is 1.95 bits per heavy atom. The van der Waals surface area contributed by atoms with Crippen LogP contribution in [0.15, 0.2) is 39.2 Å². The van der Waals surface area contributed by atoms with E-state index in [0.717, 1.165) is 6.42 Å². The lowest BCUT2D eigenvalue weighted by Gasteiger charge is -2.31. The molecule has 0 saturated heterocycles. The number of hydrogen-bond donors (Lipinski definition) is 1. The van der Waals surface area contributed by atoms with Gasteiger partial charge in [-0.15, -0.1) is 0 Å². The topological polar surface area (TPSA) is 63.4 Å². The summed E-state index contributed by atoms with van der Waals surface area (Å²) < 4.78 is 27.6. The van der Waals surface area contributed by atoms with Gasteiger partial charge in [-0.2, -0.15) is 4.31 Å². The Morgan fingerprint density at radius 1 is 1.29 bits per heavy atom. The smallest absolute Gasteiger partial charge is 0.245 e. The first-order valence-corrected chi connectivity index (χ1v) is 9.10. The van der Waals surface area contributed by atoms with Gasteiger partial charge in [0.05, 0.1) is 5.69 Å². The molecule has 21 heavy (non-hydrogen) atoms. The number of nitrogens with two attached hydrogens (primary N) is 1. The Labute approximate surface area is 135 Å². The highest BCUT2D eigenvalue weighted by molar-refractivity contribution is 9.10. The normalized spacial score (nSPS) is 17.6. The van der Waals surface area contributed by atoms with E-state index in [1.807, 2.05) is 6.08 Å². The third-order valence-corrected chi connectivity index (χ3v) is 6.14. The van der Waals surface area contributed by atoms with Crippen LogP contribution in [0.25, 0.3) is 0 Å². The quantitative estimate of drug-likeness (QED) is 0.638. The van der Waals surface area contributed by atoms with Crippen molar-refractivity contribution in [2.45, 2.75) is 32.1 Å². The van der Waals surface area contributed by atoms with E-state index in [2.05, 4.69) is 36.7 Å². The lowest BCUT2D eigenvalue weighted by Crippen LogP contribution is -2.36. The number of hydrogen-bond acceptors (Lipinski definition) is 3. The van der Waals surface area contributed by atoms with Crippen molar-refractivity contribution in [1.82, 2.24) is 4.31 Å². The zero-order valence-corrected chi connectivity index (χ0v) is 15.0. The predicted molar refractivity (Wildman–Crippen MR) is 89.5 cm³/mol. The Balaban J connectivity index is 2.31. The number of nitrogen functional groups attached to an aromatic ring is 1. The van der Waals surface area contributed by atoms with Gasteiger partial charge in [0.15, 0.2) is 0 Å². The van der Waals surface area contributed by atoms with E-state index in [4.69, 9.17) is 5.73 Å². The van der Waals surface area contributed by atoms with Crippen molar-refractivity contribution in [1.29, 1.82) is 0 Å². The van der Waals surface area contributed by atoms with Crippen molar-refractivity contribution < 1.29 is 8.42 Å². The van der Waals surface area contributed by atoms with Crippen molar-refractivity contribution >= 4 is 31.6 Å². The van der Waals surface area contributed by atoms with Gasteiger partial charge in [0, 0.05) is 17.6 Å². The predicted octanol–water partition coefficient (Wildman–Crippen LogP) is 3.40. The monoisotopic (exact) mass is 372 g/mol. The van der Waals surface area contributed by atoms with E-state index in [9.17, 15) is 8.42 Å². The third kappa shape index (κ3) is 3.49. The number of halogens is 1. The molecule has 1 aromatic carbocycles. The lowest BCUT2D eigenvalue weighted by atomic mass is 9.83. The van der Waals surface area contributed by atoms with E-state index >= 15 is 0 Å². The van der Waals surface area contributed by atoms with Crippen LogP contribution in [0.2, 0.25) is 0 Å². The van der Waals surface area contributed by atoms with Crippen molar-refractivity contribution in [3.05, 3.63) is 34.3 Å². The van der Waals surface area contributed by atoms with Crippen LogP contribution in [0.4, 0.5) is 5.69 Å². The Bertz CT molecular complexity index is 675. The van der Waals surface area contributed by atoms with Gasteiger partial charge in [-0.1, -0.05) is 48.4 Å². The highest BCUT2D eigenvalue weighted by atomic mass is 79.9. The van der Waals surface area contributed by atoms with Crippen LogP contribution in [0.3, 0.4) is 0 Å². The zero-order valence-electron chi connectivity index (χ0n) is 12.6. The highest BCUT2D eigenvalue weighted by Gasteiger charge is 2.30. The van der Waals surface area contributed by atoms with E-state index in [0.29, 0.717) is 17.6 Å². The molecule has 0 radical (unpaired) electrons. The molecule has 2 N–H and O–H groups in total. The van der Waals surface area contributed by atoms with Crippen LogP contribution in [-0.4, -0.2) is 25.8 Å². The second kappa shape index (κ2) is 5.74. The number of anilines is 1. The van der Waals surface area contributed by atoms with Gasteiger partial charge in [0.1, 0.15) is 4.90 Å². The molecular weight excluding hydrogens is 352 g/mol. The Kier molecular flexibility index (Phi) is 4.52. The average molecular weight is 373 g/mol. The third-order valence-electron chi connectivity index (χ3n) is 3.73. The maximum absolute atomic E-state index is 12.7. The molecule has 0 fully saturated rings. The summed E-state index contributed by atoms with van der Waals surface area (Å²) in [5.41, 5.74) is 7.51. The number of rotatable bonds is 2. The molecule has 0 amide bonds. The molecule has 0 atom stereocenters. The summed E-state index contributed by atoms with van der Waals surface area (Å²) in [6.07, 6.45) is 2.78. The summed E-state index contributed by atoms with van der Waals surface area (Å²) in [6, 6.07) is 4.91. The minimum absolute atomic E-state index is 0.0880. The van der Waals surface area contributed by atoms with Crippen LogP contribution >= 0.6 is 15.9 Å². The molecule has 0 saturated carbocycles. The van der Waals surface area contributed by atoms with E-state index < -0.39 is 10.0 Å². The van der Waals surface area contributed by atoms with E-state index in [1.165, 1.54) is 9.88 Å². The Hall–Kier alpha value is -0.850. The van der Waals surface area contributed by atoms with Gasteiger partial charge in [0.2, 0.25) is 10.0 Å². The summed E-state index contributed by atoms with van der Waals surface area (Å²) in [5.74, 6) is 0. The standard InChI is InChI=1S/C15H21BrN2O2S/c1-15(2,3)11-6-8-18(9-7-11)21(19,20)14-10-12(16)4-5-13(14)17/h4-6,10H,7-9,17H2,1-3H3. The van der Waals surface area contributed by atoms with Crippen LogP contribution in [0, 0.1) is 5.41 Å². The molecule has 1 aliphatic heterocycles. The lowest BCUT2D eigenvalue weighted by molar-refractivity contribution is 0.390. The van der Waals surface area contributed by atoms with Crippen LogP contribution in [0.1, 0.15) is 27.2 Å². The van der Waals surface area contributed by atoms with Crippen LogP contribution < -0.4 is 5.73 Å². The molecule has 0 unspecified atom stereocenters. The summed E-state index contributed by atoms with van der Waals surface area (Å²) in [4.78, 5) is 0.171. The molecule has 0 bridgehead atoms. The zero-order chi connectivity index (χ0) is 15.8. The van der Waals surface area contributed by atoms with Gasteiger partial charge in [-0.25, -0.2) is 8.42 Å². The minimum Gasteiger partial charge on any atom is -0.398 e. The second-order valence-electron chi connectivity index (χ2n) is 6.27. The molecule has 1 aliphatic rings. The average Bonchev–Trinajstić information content (AvgIpc) is 2.40. The SMILES string of the molecule is CC(C)(C)C1=CCN(S(=O)(=O)c2cc(Br)ccc2N)CC1. The van der Waals surface area contributed by atoms with Crippen molar-refractivity contribution in [3.8, 4) is 0 Å². The second-order valence-corrected chi connectivity index (χ2v) is 9.10. The van der Waals surface area contributed by atoms with Gasteiger partial charge in [0.25, 0.3) is 0 Å². The maximum atomic E-state index is 12.7. The van der Waals surface area contributed by atoms with Crippen molar-refractivity contribution in [2.24, 2.45) is 5.41 Å². The molecule has 2 rings (SSSR count). The van der Waals surface area contributed by atoms with Gasteiger partial charge in [-0.3, -0.25) is 0 Å². The number of benzene rings is 1. The first-order chi connectivity index (χ1) is 9.62. The van der Waals surface area contributed by atoms with E-state index in [-0.39, 0.29) is 16.0 Å². The fourth-order valence-electron chi connectivity index (χ4n) is 2.42. The largest absolute Gasteiger partial charge is 0.398 e. The van der Waals surface area contributed by atoms with Gasteiger partial charge >= 0.3 is 0 Å². The summed E-state index contributed by atoms with van der Waals surface area (Å²) in [5, 5.41) is 0. The van der Waals surface area contributed by atoms with Crippen molar-refractivity contribution in [3.63, 3.8) is 0 Å². The number of sulfonamides is 1. The maximum Gasteiger partial charge on any atom is 0.245 e. The minimum atomic E-state index is -3.55. The molecule has 4 nitrogen and oxygen atoms in total. The molecule has 1 heterocycles. The Morgan fingerprint density at radius 3 is 2.48 bits per heavy atom. The molecular formula is C15H21BrN2O2S. The van der Waals surface area contributed by atoms with Crippen molar-refractivity contribution in [2.75, 3.05) is 18.8 Å². The van der Waals surface area contributed by atoms with E-state index in [1.54, 1.807) is 18.2 Å². The molecule has 0 aliphatic carbocycles. The molecule has 6 heteroatoms.